The molecule has 1 aliphatic heterocycles. The van der Waals surface area contributed by atoms with E-state index in [1.165, 1.54) is 19.2 Å². The summed E-state index contributed by atoms with van der Waals surface area (Å²) < 4.78 is 50.3. The van der Waals surface area contributed by atoms with Gasteiger partial charge in [0, 0.05) is 11.4 Å². The number of nitriles is 1. The number of alkyl halides is 3. The van der Waals surface area contributed by atoms with Crippen LogP contribution in [0.2, 0.25) is 0 Å². The van der Waals surface area contributed by atoms with Crippen molar-refractivity contribution >= 4 is 35.0 Å². The first-order valence-electron chi connectivity index (χ1n) is 12.2. The molecule has 12 heteroatoms. The van der Waals surface area contributed by atoms with Gasteiger partial charge in [0.25, 0.3) is 5.91 Å². The average molecular weight is 583 g/mol. The van der Waals surface area contributed by atoms with E-state index in [0.717, 1.165) is 23.9 Å². The lowest BCUT2D eigenvalue weighted by molar-refractivity contribution is -0.137. The number of furan rings is 1. The van der Waals surface area contributed by atoms with Crippen molar-refractivity contribution in [3.05, 3.63) is 99.6 Å². The number of thioether (sulfide) groups is 1. The standard InChI is InChI=1S/C29H25F3N4O4S/c1-16-11-12-23(40-16)26-20(14-33)28(41-15-24(37)35-19-8-6-7-18(13-19)29(30,31)32)34-17(2)25(26)27(38)36-21-9-4-5-10-22(21)39-3/h4-13,26,34H,15H2,1-3H3,(H,35,37)(H,36,38). The zero-order valence-corrected chi connectivity index (χ0v) is 23.0. The van der Waals surface area contributed by atoms with Crippen LogP contribution in [-0.2, 0) is 15.8 Å². The Bertz CT molecular complexity index is 1590. The molecular formula is C29H25F3N4O4S. The number of rotatable bonds is 8. The SMILES string of the molecule is COc1ccccc1NC(=O)C1=C(C)NC(SCC(=O)Nc2cccc(C(F)(F)F)c2)=C(C#N)C1c1ccc(C)o1. The fourth-order valence-electron chi connectivity index (χ4n) is 4.27. The molecule has 1 aliphatic rings. The van der Waals surface area contributed by atoms with E-state index in [1.54, 1.807) is 50.2 Å². The highest BCUT2D eigenvalue weighted by atomic mass is 32.2. The summed E-state index contributed by atoms with van der Waals surface area (Å²) in [6.45, 7) is 3.40. The van der Waals surface area contributed by atoms with Crippen molar-refractivity contribution in [2.24, 2.45) is 0 Å². The van der Waals surface area contributed by atoms with E-state index in [0.29, 0.717) is 33.7 Å². The van der Waals surface area contributed by atoms with Gasteiger partial charge in [-0.1, -0.05) is 30.0 Å². The van der Waals surface area contributed by atoms with Crippen LogP contribution in [-0.4, -0.2) is 24.7 Å². The molecule has 41 heavy (non-hydrogen) atoms. The third-order valence-corrected chi connectivity index (χ3v) is 7.13. The molecule has 0 aliphatic carbocycles. The van der Waals surface area contributed by atoms with Gasteiger partial charge in [0.1, 0.15) is 17.3 Å². The normalized spacial score (nSPS) is 15.2. The topological polar surface area (TPSA) is 116 Å². The molecule has 212 valence electrons. The van der Waals surface area contributed by atoms with Gasteiger partial charge >= 0.3 is 6.18 Å². The van der Waals surface area contributed by atoms with Crippen LogP contribution >= 0.6 is 11.8 Å². The largest absolute Gasteiger partial charge is 0.495 e. The van der Waals surface area contributed by atoms with Gasteiger partial charge in [-0.05, 0) is 56.3 Å². The fourth-order valence-corrected chi connectivity index (χ4v) is 5.16. The molecule has 0 radical (unpaired) electrons. The quantitative estimate of drug-likeness (QED) is 0.285. The molecule has 3 aromatic rings. The lowest BCUT2D eigenvalue weighted by atomic mass is 9.85. The van der Waals surface area contributed by atoms with Crippen molar-refractivity contribution in [1.29, 1.82) is 5.26 Å². The number of benzene rings is 2. The number of amides is 2. The molecule has 0 fully saturated rings. The number of nitrogens with one attached hydrogen (secondary N) is 3. The molecule has 0 spiro atoms. The lowest BCUT2D eigenvalue weighted by Crippen LogP contribution is -2.31. The van der Waals surface area contributed by atoms with E-state index in [2.05, 4.69) is 22.0 Å². The summed E-state index contributed by atoms with van der Waals surface area (Å²) >= 11 is 0.984. The monoisotopic (exact) mass is 582 g/mol. The average Bonchev–Trinajstić information content (AvgIpc) is 3.37. The van der Waals surface area contributed by atoms with Gasteiger partial charge in [-0.15, -0.1) is 0 Å². The van der Waals surface area contributed by atoms with Gasteiger partial charge in [0.05, 0.1) is 52.3 Å². The molecule has 2 heterocycles. The van der Waals surface area contributed by atoms with Crippen molar-refractivity contribution in [3.63, 3.8) is 0 Å². The van der Waals surface area contributed by atoms with Gasteiger partial charge in [-0.2, -0.15) is 18.4 Å². The fraction of sp³-hybridized carbons (Fsp3) is 0.207. The van der Waals surface area contributed by atoms with Crippen LogP contribution in [0, 0.1) is 18.3 Å². The van der Waals surface area contributed by atoms with Gasteiger partial charge in [-0.25, -0.2) is 0 Å². The Morgan fingerprint density at radius 3 is 2.51 bits per heavy atom. The zero-order valence-electron chi connectivity index (χ0n) is 22.2. The molecule has 3 N–H and O–H groups in total. The number of hydrogen-bond donors (Lipinski definition) is 3. The van der Waals surface area contributed by atoms with Crippen molar-refractivity contribution in [1.82, 2.24) is 5.32 Å². The number of methoxy groups -OCH3 is 1. The lowest BCUT2D eigenvalue weighted by Gasteiger charge is -2.28. The summed E-state index contributed by atoms with van der Waals surface area (Å²) in [5, 5.41) is 18.8. The summed E-state index contributed by atoms with van der Waals surface area (Å²) in [6, 6.07) is 16.7. The number of allylic oxidation sites excluding steroid dienone is 2. The molecule has 2 aromatic carbocycles. The number of hydrogen-bond acceptors (Lipinski definition) is 7. The Morgan fingerprint density at radius 2 is 1.85 bits per heavy atom. The Balaban J connectivity index is 1.59. The molecule has 2 amide bonds. The van der Waals surface area contributed by atoms with Crippen LogP contribution in [0.1, 0.15) is 29.9 Å². The number of ether oxygens (including phenoxy) is 1. The van der Waals surface area contributed by atoms with E-state index in [4.69, 9.17) is 9.15 Å². The smallest absolute Gasteiger partial charge is 0.416 e. The molecule has 0 bridgehead atoms. The van der Waals surface area contributed by atoms with Gasteiger partial charge in [0.15, 0.2) is 0 Å². The number of nitrogens with zero attached hydrogens (tertiary/aromatic N) is 1. The van der Waals surface area contributed by atoms with Crippen LogP contribution in [0.3, 0.4) is 0 Å². The maximum atomic E-state index is 13.6. The first kappa shape index (κ1) is 29.4. The third-order valence-electron chi connectivity index (χ3n) is 6.11. The molecule has 1 atom stereocenters. The molecule has 1 aromatic heterocycles. The highest BCUT2D eigenvalue weighted by molar-refractivity contribution is 8.03. The second-order valence-electron chi connectivity index (χ2n) is 8.97. The summed E-state index contributed by atoms with van der Waals surface area (Å²) in [5.74, 6) is -0.788. The maximum absolute atomic E-state index is 13.6. The number of aryl methyl sites for hydroxylation is 1. The maximum Gasteiger partial charge on any atom is 0.416 e. The summed E-state index contributed by atoms with van der Waals surface area (Å²) in [6.07, 6.45) is -4.55. The Hall–Kier alpha value is -4.63. The van der Waals surface area contributed by atoms with Crippen LogP contribution in [0.5, 0.6) is 5.75 Å². The summed E-state index contributed by atoms with van der Waals surface area (Å²) in [4.78, 5) is 26.2. The molecular weight excluding hydrogens is 557 g/mol. The molecule has 4 rings (SSSR count). The number of halogens is 3. The van der Waals surface area contributed by atoms with Crippen molar-refractivity contribution in [2.75, 3.05) is 23.5 Å². The van der Waals surface area contributed by atoms with Gasteiger partial charge in [-0.3, -0.25) is 9.59 Å². The van der Waals surface area contributed by atoms with E-state index in [9.17, 15) is 28.0 Å². The number of carbonyl (C=O) groups is 2. The van der Waals surface area contributed by atoms with E-state index in [1.807, 2.05) is 0 Å². The van der Waals surface area contributed by atoms with Crippen LogP contribution in [0.25, 0.3) is 0 Å². The molecule has 1 unspecified atom stereocenters. The zero-order chi connectivity index (χ0) is 29.7. The number of carbonyl (C=O) groups excluding carboxylic acids is 2. The van der Waals surface area contributed by atoms with E-state index >= 15 is 0 Å². The van der Waals surface area contributed by atoms with Crippen molar-refractivity contribution < 1.29 is 31.9 Å². The summed E-state index contributed by atoms with van der Waals surface area (Å²) in [5.41, 5.74) is 0.348. The highest BCUT2D eigenvalue weighted by Gasteiger charge is 2.37. The molecule has 0 saturated carbocycles. The minimum Gasteiger partial charge on any atom is -0.495 e. The Kier molecular flexibility index (Phi) is 8.78. The van der Waals surface area contributed by atoms with Gasteiger partial charge in [0.2, 0.25) is 5.91 Å². The Labute approximate surface area is 238 Å². The van der Waals surface area contributed by atoms with Gasteiger partial charge < -0.3 is 25.1 Å². The van der Waals surface area contributed by atoms with E-state index < -0.39 is 29.5 Å². The first-order valence-corrected chi connectivity index (χ1v) is 13.2. The Morgan fingerprint density at radius 1 is 1.10 bits per heavy atom. The van der Waals surface area contributed by atoms with Crippen molar-refractivity contribution in [3.8, 4) is 11.8 Å². The predicted molar refractivity (Wildman–Crippen MR) is 149 cm³/mol. The van der Waals surface area contributed by atoms with Crippen LogP contribution < -0.4 is 20.7 Å². The highest BCUT2D eigenvalue weighted by Crippen LogP contribution is 2.42. The van der Waals surface area contributed by atoms with Crippen molar-refractivity contribution in [2.45, 2.75) is 25.9 Å². The minimum atomic E-state index is -4.55. The first-order chi connectivity index (χ1) is 19.5. The number of anilines is 2. The molecule has 0 saturated heterocycles. The minimum absolute atomic E-state index is 0.00757. The predicted octanol–water partition coefficient (Wildman–Crippen LogP) is 6.32. The summed E-state index contributed by atoms with van der Waals surface area (Å²) in [7, 11) is 1.48. The third kappa shape index (κ3) is 6.75. The molecule has 8 nitrogen and oxygen atoms in total. The van der Waals surface area contributed by atoms with Crippen LogP contribution in [0.15, 0.2) is 87.0 Å². The van der Waals surface area contributed by atoms with Crippen LogP contribution in [0.4, 0.5) is 24.5 Å². The second-order valence-corrected chi connectivity index (χ2v) is 9.96. The number of para-hydroxylation sites is 2. The van der Waals surface area contributed by atoms with E-state index in [-0.39, 0.29) is 22.6 Å². The number of dihydropyridines is 1. The second kappa shape index (κ2) is 12.3.